The molecule has 8 heavy (non-hydrogen) atoms. The van der Waals surface area contributed by atoms with Crippen molar-refractivity contribution in [3.63, 3.8) is 0 Å². The smallest absolute Gasteiger partial charge is 0.0177 e. The minimum atomic E-state index is 0. The second-order valence-corrected chi connectivity index (χ2v) is 2.41. The number of hydrogen-bond donors (Lipinski definition) is 0. The largest absolute Gasteiger partial charge is 0.153 e. The van der Waals surface area contributed by atoms with Gasteiger partial charge in [-0.25, -0.2) is 0 Å². The molecule has 0 saturated carbocycles. The van der Waals surface area contributed by atoms with Gasteiger partial charge in [-0.3, -0.25) is 0 Å². The summed E-state index contributed by atoms with van der Waals surface area (Å²) in [6, 6.07) is 0. The molecule has 0 bridgehead atoms. The van der Waals surface area contributed by atoms with Gasteiger partial charge in [-0.15, -0.1) is 60.2 Å². The lowest BCUT2D eigenvalue weighted by atomic mass is 11.9. The van der Waals surface area contributed by atoms with E-state index in [-0.39, 0.29) is 70.7 Å². The Morgan fingerprint density at radius 1 is 1.00 bits per heavy atom. The van der Waals surface area contributed by atoms with Crippen LogP contribution in [0.4, 0.5) is 0 Å². The van der Waals surface area contributed by atoms with Gasteiger partial charge in [0.2, 0.25) is 0 Å². The number of hydrogen-bond acceptors (Lipinski definition) is 0. The van der Waals surface area contributed by atoms with Gasteiger partial charge in [0.05, 0.1) is 0 Å². The molecule has 3 unspecified atom stereocenters. The summed E-state index contributed by atoms with van der Waals surface area (Å²) in [6.45, 7) is 0. The lowest BCUT2D eigenvalue weighted by Crippen LogP contribution is -1.18. The maximum Gasteiger partial charge on any atom is 0.0177 e. The third kappa shape index (κ3) is 60.2. The molecule has 0 N–H and O–H groups in total. The molecule has 0 aromatic rings. The summed E-state index contributed by atoms with van der Waals surface area (Å²) < 4.78 is 0. The highest BCUT2D eigenvalue weighted by molar-refractivity contribution is 9.10. The highest BCUT2D eigenvalue weighted by Crippen LogP contribution is 1.84. The molecule has 0 fully saturated rings. The quantitative estimate of drug-likeness (QED) is 0.404. The maximum absolute atomic E-state index is 3.11. The predicted molar refractivity (Wildman–Crippen MR) is 76.7 cm³/mol. The van der Waals surface area contributed by atoms with Crippen LogP contribution < -0.4 is 0 Å². The molecule has 0 amide bonds. The van der Waals surface area contributed by atoms with Crippen LogP contribution in [0.2, 0.25) is 0 Å². The van der Waals surface area contributed by atoms with E-state index in [4.69, 9.17) is 0 Å². The summed E-state index contributed by atoms with van der Waals surface area (Å²) in [5.41, 5.74) is 0. The molecule has 0 radical (unpaired) electrons. The first kappa shape index (κ1) is 43.1. The van der Waals surface area contributed by atoms with E-state index in [2.05, 4.69) is 25.2 Å². The fourth-order valence-corrected chi connectivity index (χ4v) is 0. The molecule has 0 aliphatic rings. The van der Waals surface area contributed by atoms with Gasteiger partial charge in [-0.05, 0) is 0 Å². The highest BCUT2D eigenvalue weighted by Gasteiger charge is 1.37. The predicted octanol–water partition coefficient (Wildman–Crippen LogP) is 3.06. The van der Waals surface area contributed by atoms with Crippen LogP contribution in [0.25, 0.3) is 0 Å². The topological polar surface area (TPSA) is 0 Å². The molecule has 0 aliphatic carbocycles. The van der Waals surface area contributed by atoms with Crippen LogP contribution in [0.1, 0.15) is 0 Å². The molecule has 0 aromatic carbocycles. The molecule has 0 aromatic heterocycles. The Bertz CT molecular complexity index is 11.2. The average molecular weight is 438 g/mol. The Morgan fingerprint density at radius 2 is 1.00 bits per heavy atom. The second kappa shape index (κ2) is 48.9. The highest BCUT2D eigenvalue weighted by atomic mass is 79.9. The fourth-order valence-electron chi connectivity index (χ4n) is 0. The van der Waals surface area contributed by atoms with Crippen molar-refractivity contribution in [3.05, 3.63) is 0 Å². The van der Waals surface area contributed by atoms with Gasteiger partial charge < -0.3 is 0 Å². The summed E-state index contributed by atoms with van der Waals surface area (Å²) in [5.74, 6) is 0. The monoisotopic (exact) mass is 434 g/mol. The average Bonchev–Trinajstić information content (AvgIpc) is 0.918. The molecule has 60 valence electrons. The van der Waals surface area contributed by atoms with E-state index in [9.17, 15) is 0 Å². The second-order valence-electron chi connectivity index (χ2n) is 0.154. The zero-order valence-electron chi connectivity index (χ0n) is 4.30. The van der Waals surface area contributed by atoms with Crippen molar-refractivity contribution in [2.45, 2.75) is 0 Å². The van der Waals surface area contributed by atoms with E-state index in [0.717, 1.165) is 5.07 Å². The van der Waals surface area contributed by atoms with Crippen molar-refractivity contribution in [2.24, 2.45) is 0 Å². The summed E-state index contributed by atoms with van der Waals surface area (Å²) in [7, 11) is 2.50. The van der Waals surface area contributed by atoms with Crippen LogP contribution in [0.15, 0.2) is 0 Å². The van der Waals surface area contributed by atoms with Crippen LogP contribution in [-0.2, 0) is 0 Å². The maximum atomic E-state index is 3.11. The molecule has 0 heterocycles. The number of alkyl halides is 1. The molecule has 3 atom stereocenters. The van der Waals surface area contributed by atoms with Crippen LogP contribution >= 0.6 is 95.9 Å². The van der Waals surface area contributed by atoms with Crippen molar-refractivity contribution in [1.29, 1.82) is 0 Å². The fraction of sp³-hybridized carbons (Fsp3) is 1.00. The van der Waals surface area contributed by atoms with Crippen LogP contribution in [-0.4, -0.2) is 5.07 Å². The van der Waals surface area contributed by atoms with Crippen LogP contribution in [0.3, 0.4) is 0 Å². The molecular formula is CH13Br4P3. The number of halogens is 4. The summed E-state index contributed by atoms with van der Waals surface area (Å²) in [6.07, 6.45) is 0. The van der Waals surface area contributed by atoms with Crippen molar-refractivity contribution in [1.82, 2.24) is 0 Å². The molecule has 0 spiro atoms. The molecule has 0 rings (SSSR count). The van der Waals surface area contributed by atoms with Crippen molar-refractivity contribution in [2.75, 3.05) is 5.07 Å². The van der Waals surface area contributed by atoms with E-state index in [0.29, 0.717) is 0 Å². The molecular weight excluding hydrogens is 425 g/mol. The first-order valence-electron chi connectivity index (χ1n) is 0.676. The van der Waals surface area contributed by atoms with Gasteiger partial charge in [0.1, 0.15) is 0 Å². The van der Waals surface area contributed by atoms with Gasteiger partial charge in [0.15, 0.2) is 0 Å². The Kier molecular flexibility index (Phi) is 263. The van der Waals surface area contributed by atoms with E-state index >= 15 is 0 Å². The van der Waals surface area contributed by atoms with E-state index < -0.39 is 0 Å². The minimum absolute atomic E-state index is 0. The Balaban J connectivity index is -0.00000000200. The zero-order chi connectivity index (χ0) is 2.71. The summed E-state index contributed by atoms with van der Waals surface area (Å²) in [5, 5.41) is 0.979. The van der Waals surface area contributed by atoms with Gasteiger partial charge >= 0.3 is 0 Å². The molecule has 7 heteroatoms. The van der Waals surface area contributed by atoms with E-state index in [1.807, 2.05) is 0 Å². The Morgan fingerprint density at radius 3 is 1.00 bits per heavy atom. The SMILES string of the molecule is Br.Br.Br.P.P.PCBr. The van der Waals surface area contributed by atoms with Crippen molar-refractivity contribution < 1.29 is 0 Å². The zero-order valence-corrected chi connectivity index (χ0v) is 15.0. The molecule has 0 saturated heterocycles. The van der Waals surface area contributed by atoms with Gasteiger partial charge in [0.25, 0.3) is 0 Å². The van der Waals surface area contributed by atoms with Crippen molar-refractivity contribution >= 4 is 95.9 Å². The first-order valence-corrected chi connectivity index (χ1v) is 2.61. The van der Waals surface area contributed by atoms with Gasteiger partial charge in [0, 0.05) is 5.07 Å². The van der Waals surface area contributed by atoms with Gasteiger partial charge in [-0.2, -0.15) is 19.8 Å². The first-order chi connectivity index (χ1) is 1.41. The minimum Gasteiger partial charge on any atom is -0.153 e. The van der Waals surface area contributed by atoms with E-state index in [1.54, 1.807) is 0 Å². The summed E-state index contributed by atoms with van der Waals surface area (Å²) in [4.78, 5) is 0. The molecule has 0 nitrogen and oxygen atoms in total. The van der Waals surface area contributed by atoms with Gasteiger partial charge in [-0.1, -0.05) is 15.9 Å². The lowest BCUT2D eigenvalue weighted by molar-refractivity contribution is 2.38. The van der Waals surface area contributed by atoms with Crippen LogP contribution in [0.5, 0.6) is 0 Å². The third-order valence-corrected chi connectivity index (χ3v) is 0. The van der Waals surface area contributed by atoms with Crippen LogP contribution in [0, 0.1) is 0 Å². The number of rotatable bonds is 0. The molecule has 0 aliphatic heterocycles. The third-order valence-electron chi connectivity index (χ3n) is 0. The van der Waals surface area contributed by atoms with E-state index in [1.165, 1.54) is 0 Å². The Labute approximate surface area is 100.0 Å². The standard InChI is InChI=1S/CH4BrP.3BrH.2H3P/c2-1-3;;;;;/h1,3H2;3*1H;2*1H3. The Hall–Kier alpha value is 3.21. The lowest BCUT2D eigenvalue weighted by Gasteiger charge is -1.46. The normalized spacial score (nSPS) is 2.25. The van der Waals surface area contributed by atoms with Crippen molar-refractivity contribution in [3.8, 4) is 0 Å². The summed E-state index contributed by atoms with van der Waals surface area (Å²) >= 11 is 3.11.